The lowest BCUT2D eigenvalue weighted by atomic mass is 9.98. The molecule has 1 aliphatic heterocycles. The molecule has 134 valence electrons. The first-order chi connectivity index (χ1) is 12.8. The van der Waals surface area contributed by atoms with Crippen molar-refractivity contribution in [1.29, 1.82) is 0 Å². The fourth-order valence-electron chi connectivity index (χ4n) is 3.24. The molecule has 1 aliphatic rings. The van der Waals surface area contributed by atoms with Crippen LogP contribution in [0.25, 0.3) is 16.9 Å². The molecule has 1 aromatic carbocycles. The lowest BCUT2D eigenvalue weighted by Gasteiger charge is -2.23. The fraction of sp³-hybridized carbons (Fsp3) is 0.316. The number of aromatic nitrogens is 4. The van der Waals surface area contributed by atoms with Crippen LogP contribution >= 0.6 is 0 Å². The zero-order chi connectivity index (χ0) is 17.8. The molecule has 0 saturated carbocycles. The summed E-state index contributed by atoms with van der Waals surface area (Å²) in [4.78, 5) is 8.55. The monoisotopic (exact) mass is 352 g/mol. The average Bonchev–Trinajstić information content (AvgIpc) is 3.17. The molecule has 2 N–H and O–H groups in total. The molecule has 2 aromatic heterocycles. The smallest absolute Gasteiger partial charge is 0.148 e. The topological polar surface area (TPSA) is 67.7 Å². The number of benzene rings is 1. The minimum absolute atomic E-state index is 0.311. The molecule has 7 heteroatoms. The van der Waals surface area contributed by atoms with E-state index in [0.717, 1.165) is 36.6 Å². The van der Waals surface area contributed by atoms with E-state index in [-0.39, 0.29) is 5.82 Å². The number of nitrogens with one attached hydrogen (secondary N) is 2. The summed E-state index contributed by atoms with van der Waals surface area (Å²) in [6, 6.07) is 6.57. The van der Waals surface area contributed by atoms with E-state index in [4.69, 9.17) is 0 Å². The molecule has 3 heterocycles. The Bertz CT molecular complexity index is 872. The quantitative estimate of drug-likeness (QED) is 0.739. The first-order valence-electron chi connectivity index (χ1n) is 8.86. The first kappa shape index (κ1) is 16.7. The number of piperidine rings is 1. The maximum Gasteiger partial charge on any atom is 0.148 e. The normalized spacial score (nSPS) is 15.1. The largest absolute Gasteiger partial charge is 0.382 e. The van der Waals surface area contributed by atoms with Gasteiger partial charge in [-0.15, -0.1) is 0 Å². The molecule has 0 amide bonds. The van der Waals surface area contributed by atoms with E-state index < -0.39 is 0 Å². The summed E-state index contributed by atoms with van der Waals surface area (Å²) in [5, 5.41) is 11.2. The van der Waals surface area contributed by atoms with Crippen molar-refractivity contribution in [2.24, 2.45) is 5.92 Å². The van der Waals surface area contributed by atoms with Crippen molar-refractivity contribution in [3.63, 3.8) is 0 Å². The molecule has 0 bridgehead atoms. The van der Waals surface area contributed by atoms with Crippen LogP contribution in [0.5, 0.6) is 0 Å². The molecule has 0 radical (unpaired) electrons. The Morgan fingerprint density at radius 2 is 2.04 bits per heavy atom. The van der Waals surface area contributed by atoms with Gasteiger partial charge in [0.15, 0.2) is 0 Å². The summed E-state index contributed by atoms with van der Waals surface area (Å²) in [6.45, 7) is 3.03. The molecule has 4 rings (SSSR count). The van der Waals surface area contributed by atoms with Crippen LogP contribution in [0.1, 0.15) is 12.8 Å². The maximum atomic E-state index is 14.0. The van der Waals surface area contributed by atoms with Crippen molar-refractivity contribution < 1.29 is 4.39 Å². The van der Waals surface area contributed by atoms with E-state index in [0.29, 0.717) is 11.6 Å². The van der Waals surface area contributed by atoms with Crippen molar-refractivity contribution in [2.45, 2.75) is 12.8 Å². The van der Waals surface area contributed by atoms with Gasteiger partial charge >= 0.3 is 0 Å². The molecule has 1 fully saturated rings. The number of rotatable bonds is 5. The second kappa shape index (κ2) is 7.61. The highest BCUT2D eigenvalue weighted by molar-refractivity contribution is 5.72. The molecule has 0 atom stereocenters. The number of halogens is 1. The van der Waals surface area contributed by atoms with E-state index in [1.807, 2.05) is 0 Å². The van der Waals surface area contributed by atoms with Gasteiger partial charge in [0.1, 0.15) is 17.8 Å². The van der Waals surface area contributed by atoms with Gasteiger partial charge in [-0.2, -0.15) is 5.10 Å². The van der Waals surface area contributed by atoms with E-state index in [1.54, 1.807) is 36.8 Å². The average molecular weight is 352 g/mol. The second-order valence-electron chi connectivity index (χ2n) is 6.48. The minimum Gasteiger partial charge on any atom is -0.382 e. The van der Waals surface area contributed by atoms with Gasteiger partial charge < -0.3 is 10.6 Å². The van der Waals surface area contributed by atoms with Crippen molar-refractivity contribution >= 4 is 5.69 Å². The Labute approximate surface area is 151 Å². The van der Waals surface area contributed by atoms with Crippen molar-refractivity contribution in [3.8, 4) is 16.9 Å². The summed E-state index contributed by atoms with van der Waals surface area (Å²) in [5.41, 5.74) is 2.89. The second-order valence-corrected chi connectivity index (χ2v) is 6.48. The first-order valence-corrected chi connectivity index (χ1v) is 8.86. The van der Waals surface area contributed by atoms with Gasteiger partial charge in [0.2, 0.25) is 0 Å². The van der Waals surface area contributed by atoms with Crippen LogP contribution < -0.4 is 10.6 Å². The summed E-state index contributed by atoms with van der Waals surface area (Å²) in [6.07, 6.45) is 9.12. The van der Waals surface area contributed by atoms with Crippen LogP contribution in [-0.2, 0) is 0 Å². The van der Waals surface area contributed by atoms with Crippen LogP contribution in [0, 0.1) is 11.7 Å². The van der Waals surface area contributed by atoms with Crippen molar-refractivity contribution in [1.82, 2.24) is 25.1 Å². The van der Waals surface area contributed by atoms with Crippen LogP contribution in [0.3, 0.4) is 0 Å². The van der Waals surface area contributed by atoms with Gasteiger partial charge in [0.25, 0.3) is 0 Å². The third-order valence-corrected chi connectivity index (χ3v) is 4.71. The molecule has 6 nitrogen and oxygen atoms in total. The van der Waals surface area contributed by atoms with Crippen molar-refractivity contribution in [3.05, 3.63) is 55.0 Å². The van der Waals surface area contributed by atoms with Gasteiger partial charge in [-0.25, -0.2) is 19.0 Å². The van der Waals surface area contributed by atoms with Crippen LogP contribution in [0.15, 0.2) is 49.2 Å². The van der Waals surface area contributed by atoms with Crippen molar-refractivity contribution in [2.75, 3.05) is 25.0 Å². The molecule has 26 heavy (non-hydrogen) atoms. The Morgan fingerprint density at radius 3 is 2.88 bits per heavy atom. The number of hydrogen-bond donors (Lipinski definition) is 2. The van der Waals surface area contributed by atoms with Crippen LogP contribution in [0.2, 0.25) is 0 Å². The summed E-state index contributed by atoms with van der Waals surface area (Å²) in [5.74, 6) is 0.333. The molecular weight excluding hydrogens is 331 g/mol. The number of para-hydroxylation sites is 1. The molecular formula is C19H21FN6. The molecule has 3 aromatic rings. The predicted molar refractivity (Wildman–Crippen MR) is 98.6 cm³/mol. The highest BCUT2D eigenvalue weighted by Gasteiger charge is 2.15. The third-order valence-electron chi connectivity index (χ3n) is 4.71. The van der Waals surface area contributed by atoms with Gasteiger partial charge in [0.05, 0.1) is 23.8 Å². The van der Waals surface area contributed by atoms with Gasteiger partial charge in [0, 0.05) is 18.3 Å². The zero-order valence-corrected chi connectivity index (χ0v) is 14.4. The van der Waals surface area contributed by atoms with Gasteiger partial charge in [-0.05, 0) is 44.0 Å². The predicted octanol–water partition coefficient (Wildman–Crippen LogP) is 2.88. The Kier molecular flexibility index (Phi) is 4.88. The number of anilines is 1. The van der Waals surface area contributed by atoms with E-state index in [1.165, 1.54) is 29.9 Å². The Balaban J connectivity index is 1.55. The van der Waals surface area contributed by atoms with Gasteiger partial charge in [-0.3, -0.25) is 0 Å². The van der Waals surface area contributed by atoms with E-state index in [2.05, 4.69) is 25.7 Å². The lowest BCUT2D eigenvalue weighted by Crippen LogP contribution is -2.31. The molecule has 0 aliphatic carbocycles. The highest BCUT2D eigenvalue weighted by atomic mass is 19.1. The lowest BCUT2D eigenvalue weighted by molar-refractivity contribution is 0.390. The number of nitrogens with zero attached hydrogens (tertiary/aromatic N) is 4. The van der Waals surface area contributed by atoms with Crippen LogP contribution in [0.4, 0.5) is 10.1 Å². The minimum atomic E-state index is -0.311. The fourth-order valence-corrected chi connectivity index (χ4v) is 3.24. The number of hydrogen-bond acceptors (Lipinski definition) is 5. The Morgan fingerprint density at radius 1 is 1.19 bits per heavy atom. The van der Waals surface area contributed by atoms with E-state index >= 15 is 0 Å². The maximum absolute atomic E-state index is 14.0. The molecule has 1 saturated heterocycles. The standard InChI is InChI=1S/C19H21FN6/c20-16-3-1-2-4-18(16)26-12-15(10-25-26)19-17(11-22-13-24-19)23-9-14-5-7-21-8-6-14/h1-4,10-14,21,23H,5-9H2. The molecule has 0 spiro atoms. The SMILES string of the molecule is Fc1ccccc1-n1cc(-c2ncncc2NCC2CCNCC2)cn1. The summed E-state index contributed by atoms with van der Waals surface area (Å²) >= 11 is 0. The molecule has 0 unspecified atom stereocenters. The summed E-state index contributed by atoms with van der Waals surface area (Å²) < 4.78 is 15.5. The van der Waals surface area contributed by atoms with Crippen LogP contribution in [-0.4, -0.2) is 39.4 Å². The summed E-state index contributed by atoms with van der Waals surface area (Å²) in [7, 11) is 0. The Hall–Kier alpha value is -2.80. The third kappa shape index (κ3) is 3.57. The highest BCUT2D eigenvalue weighted by Crippen LogP contribution is 2.26. The van der Waals surface area contributed by atoms with E-state index in [9.17, 15) is 4.39 Å². The van der Waals surface area contributed by atoms with Gasteiger partial charge in [-0.1, -0.05) is 12.1 Å². The zero-order valence-electron chi connectivity index (χ0n) is 14.4.